The van der Waals surface area contributed by atoms with Crippen molar-refractivity contribution in [2.75, 3.05) is 19.8 Å². The fourth-order valence-electron chi connectivity index (χ4n) is 3.05. The number of nitrogens with one attached hydrogen (secondary N) is 1. The van der Waals surface area contributed by atoms with Gasteiger partial charge in [-0.3, -0.25) is 0 Å². The molecule has 2 fully saturated rings. The fraction of sp³-hybridized carbons (Fsp3) is 0.812. The van der Waals surface area contributed by atoms with Crippen LogP contribution < -0.4 is 5.32 Å². The van der Waals surface area contributed by atoms with Gasteiger partial charge in [-0.15, -0.1) is 0 Å². The standard InChI is InChI=1S/C16H27NO12/c1-2-3-26-16(25)17-8-10(21)13(7(5-19)27-14(8)24)29-15-12(23)11(22)9(20)6(4-18)28-15/h2,6-15,18-24H,1,3-5H2,(H,17,25)/t6-,7-,8+,9+,10+,11+,12+,13-,14-,15+/m1/s1. The second-order valence-electron chi connectivity index (χ2n) is 6.59. The Morgan fingerprint density at radius 3 is 2.21 bits per heavy atom. The van der Waals surface area contributed by atoms with Crippen molar-refractivity contribution in [3.63, 3.8) is 0 Å². The molecule has 13 heteroatoms. The van der Waals surface area contributed by atoms with Crippen LogP contribution in [0.3, 0.4) is 0 Å². The number of amides is 1. The maximum absolute atomic E-state index is 11.7. The monoisotopic (exact) mass is 425 g/mol. The largest absolute Gasteiger partial charge is 0.445 e. The molecular formula is C16H27NO12. The van der Waals surface area contributed by atoms with E-state index in [1.54, 1.807) is 0 Å². The Morgan fingerprint density at radius 1 is 0.966 bits per heavy atom. The van der Waals surface area contributed by atoms with Gasteiger partial charge in [0, 0.05) is 0 Å². The van der Waals surface area contributed by atoms with Crippen molar-refractivity contribution in [2.45, 2.75) is 61.3 Å². The number of hydrogen-bond acceptors (Lipinski definition) is 12. The average Bonchev–Trinajstić information content (AvgIpc) is 2.71. The molecule has 29 heavy (non-hydrogen) atoms. The summed E-state index contributed by atoms with van der Waals surface area (Å²) in [5.41, 5.74) is 0. The predicted molar refractivity (Wildman–Crippen MR) is 91.1 cm³/mol. The normalized spacial score (nSPS) is 42.9. The summed E-state index contributed by atoms with van der Waals surface area (Å²) < 4.78 is 20.5. The lowest BCUT2D eigenvalue weighted by Crippen LogP contribution is -2.67. The summed E-state index contributed by atoms with van der Waals surface area (Å²) in [5, 5.41) is 71.2. The quantitative estimate of drug-likeness (QED) is 0.182. The second kappa shape index (κ2) is 10.6. The highest BCUT2D eigenvalue weighted by molar-refractivity contribution is 5.67. The van der Waals surface area contributed by atoms with Crippen LogP contribution in [0.5, 0.6) is 0 Å². The third-order valence-electron chi connectivity index (χ3n) is 4.63. The molecular weight excluding hydrogens is 398 g/mol. The number of aliphatic hydroxyl groups excluding tert-OH is 7. The summed E-state index contributed by atoms with van der Waals surface area (Å²) in [6.07, 6.45) is -13.8. The van der Waals surface area contributed by atoms with Crippen molar-refractivity contribution < 1.29 is 59.5 Å². The van der Waals surface area contributed by atoms with Crippen molar-refractivity contribution in [2.24, 2.45) is 0 Å². The smallest absolute Gasteiger partial charge is 0.407 e. The number of rotatable bonds is 7. The first-order valence-electron chi connectivity index (χ1n) is 8.87. The van der Waals surface area contributed by atoms with Crippen LogP contribution in [0, 0.1) is 0 Å². The van der Waals surface area contributed by atoms with E-state index in [2.05, 4.69) is 11.9 Å². The Labute approximate surface area is 165 Å². The Morgan fingerprint density at radius 2 is 1.62 bits per heavy atom. The van der Waals surface area contributed by atoms with Crippen molar-refractivity contribution in [3.05, 3.63) is 12.7 Å². The molecule has 0 aliphatic carbocycles. The summed E-state index contributed by atoms with van der Waals surface area (Å²) in [6.45, 7) is 1.82. The van der Waals surface area contributed by atoms with E-state index in [9.17, 15) is 40.5 Å². The van der Waals surface area contributed by atoms with Crippen LogP contribution in [0.2, 0.25) is 0 Å². The number of carbonyl (C=O) groups excluding carboxylic acids is 1. The minimum absolute atomic E-state index is 0.129. The van der Waals surface area contributed by atoms with Crippen molar-refractivity contribution in [3.8, 4) is 0 Å². The van der Waals surface area contributed by atoms with Crippen molar-refractivity contribution in [1.82, 2.24) is 5.32 Å². The molecule has 2 heterocycles. The zero-order valence-electron chi connectivity index (χ0n) is 15.4. The number of aliphatic hydroxyl groups is 7. The van der Waals surface area contributed by atoms with Gasteiger partial charge in [-0.1, -0.05) is 12.7 Å². The van der Waals surface area contributed by atoms with Gasteiger partial charge in [0.2, 0.25) is 0 Å². The molecule has 0 aromatic carbocycles. The summed E-state index contributed by atoms with van der Waals surface area (Å²) >= 11 is 0. The third-order valence-corrected chi connectivity index (χ3v) is 4.63. The maximum Gasteiger partial charge on any atom is 0.407 e. The van der Waals surface area contributed by atoms with Gasteiger partial charge in [0.15, 0.2) is 12.6 Å². The second-order valence-corrected chi connectivity index (χ2v) is 6.59. The van der Waals surface area contributed by atoms with Crippen LogP contribution in [0.4, 0.5) is 4.79 Å². The van der Waals surface area contributed by atoms with Crippen LogP contribution >= 0.6 is 0 Å². The Kier molecular flexibility index (Phi) is 8.72. The zero-order valence-corrected chi connectivity index (χ0v) is 15.4. The fourth-order valence-corrected chi connectivity index (χ4v) is 3.05. The van der Waals surface area contributed by atoms with Gasteiger partial charge in [-0.05, 0) is 0 Å². The van der Waals surface area contributed by atoms with E-state index in [0.717, 1.165) is 0 Å². The van der Waals surface area contributed by atoms with E-state index < -0.39 is 80.7 Å². The van der Waals surface area contributed by atoms with E-state index in [1.807, 2.05) is 0 Å². The third kappa shape index (κ3) is 5.40. The van der Waals surface area contributed by atoms with Gasteiger partial charge in [0.05, 0.1) is 13.2 Å². The summed E-state index contributed by atoms with van der Waals surface area (Å²) in [4.78, 5) is 11.7. The molecule has 8 N–H and O–H groups in total. The molecule has 0 unspecified atom stereocenters. The molecule has 13 nitrogen and oxygen atoms in total. The minimum atomic E-state index is -1.77. The molecule has 0 bridgehead atoms. The molecule has 168 valence electrons. The van der Waals surface area contributed by atoms with Gasteiger partial charge in [0.1, 0.15) is 55.4 Å². The molecule has 2 saturated heterocycles. The van der Waals surface area contributed by atoms with E-state index in [-0.39, 0.29) is 6.61 Å². The number of hydrogen-bond donors (Lipinski definition) is 8. The highest BCUT2D eigenvalue weighted by Crippen LogP contribution is 2.28. The van der Waals surface area contributed by atoms with Crippen molar-refractivity contribution in [1.29, 1.82) is 0 Å². The van der Waals surface area contributed by atoms with Gasteiger partial charge < -0.3 is 60.0 Å². The first-order valence-corrected chi connectivity index (χ1v) is 8.87. The lowest BCUT2D eigenvalue weighted by atomic mass is 9.95. The lowest BCUT2D eigenvalue weighted by molar-refractivity contribution is -0.345. The SMILES string of the molecule is C=CCOC(=O)N[C@H]1[C@H](O)[C@H](O[C@@H]2O[C@H](CO)[C@H](O)[C@H](O)[C@@H]2O)[C@@H](CO)O[C@H]1O. The molecule has 1 amide bonds. The van der Waals surface area contributed by atoms with Crippen LogP contribution in [0.1, 0.15) is 0 Å². The van der Waals surface area contributed by atoms with Crippen LogP contribution in [0.25, 0.3) is 0 Å². The Hall–Kier alpha value is -1.39. The minimum Gasteiger partial charge on any atom is -0.445 e. The van der Waals surface area contributed by atoms with E-state index in [4.69, 9.17) is 18.9 Å². The van der Waals surface area contributed by atoms with Crippen LogP contribution in [-0.2, 0) is 18.9 Å². The lowest BCUT2D eigenvalue weighted by Gasteiger charge is -2.46. The van der Waals surface area contributed by atoms with Crippen molar-refractivity contribution >= 4 is 6.09 Å². The van der Waals surface area contributed by atoms with E-state index in [1.165, 1.54) is 6.08 Å². The molecule has 2 aliphatic heterocycles. The van der Waals surface area contributed by atoms with Crippen LogP contribution in [0.15, 0.2) is 12.7 Å². The predicted octanol–water partition coefficient (Wildman–Crippen LogP) is -4.48. The molecule has 2 rings (SSSR count). The summed E-state index contributed by atoms with van der Waals surface area (Å²) in [7, 11) is 0. The van der Waals surface area contributed by atoms with Gasteiger partial charge in [-0.2, -0.15) is 0 Å². The molecule has 0 aromatic heterocycles. The highest BCUT2D eigenvalue weighted by Gasteiger charge is 2.50. The Bertz CT molecular complexity index is 548. The molecule has 10 atom stereocenters. The van der Waals surface area contributed by atoms with E-state index in [0.29, 0.717) is 0 Å². The topological polar surface area (TPSA) is 208 Å². The van der Waals surface area contributed by atoms with Gasteiger partial charge in [0.25, 0.3) is 0 Å². The number of ether oxygens (including phenoxy) is 4. The van der Waals surface area contributed by atoms with Gasteiger partial charge in [-0.25, -0.2) is 4.79 Å². The molecule has 0 spiro atoms. The van der Waals surface area contributed by atoms with E-state index >= 15 is 0 Å². The number of carbonyl (C=O) groups is 1. The highest BCUT2D eigenvalue weighted by atomic mass is 16.7. The molecule has 0 aromatic rings. The maximum atomic E-state index is 11.7. The average molecular weight is 425 g/mol. The molecule has 2 aliphatic rings. The molecule has 0 saturated carbocycles. The first kappa shape index (κ1) is 23.9. The number of alkyl carbamates (subject to hydrolysis) is 1. The van der Waals surface area contributed by atoms with Gasteiger partial charge >= 0.3 is 6.09 Å². The van der Waals surface area contributed by atoms with Crippen LogP contribution in [-0.4, -0.2) is 123 Å². The summed E-state index contributed by atoms with van der Waals surface area (Å²) in [5.74, 6) is 0. The summed E-state index contributed by atoms with van der Waals surface area (Å²) in [6, 6.07) is -1.44. The Balaban J connectivity index is 2.13. The zero-order chi connectivity index (χ0) is 21.7. The molecule has 0 radical (unpaired) electrons. The first-order chi connectivity index (χ1) is 13.7.